The van der Waals surface area contributed by atoms with E-state index in [4.69, 9.17) is 0 Å². The van der Waals surface area contributed by atoms with Gasteiger partial charge in [0, 0.05) is 19.2 Å². The molecule has 1 fully saturated rings. The summed E-state index contributed by atoms with van der Waals surface area (Å²) in [7, 11) is 0. The molecule has 2 rings (SSSR count). The second-order valence-corrected chi connectivity index (χ2v) is 6.29. The Labute approximate surface area is 134 Å². The number of carbonyl (C=O) groups excluding carboxylic acids is 1. The van der Waals surface area contributed by atoms with Gasteiger partial charge >= 0.3 is 0 Å². The number of nitrogens with one attached hydrogen (secondary N) is 1. The number of unbranched alkanes of at least 4 members (excludes halogenated alkanes) is 1. The van der Waals surface area contributed by atoms with E-state index in [1.807, 2.05) is 36.4 Å². The van der Waals surface area contributed by atoms with Crippen molar-refractivity contribution in [3.63, 3.8) is 0 Å². The normalized spacial score (nSPS) is 19.4. The summed E-state index contributed by atoms with van der Waals surface area (Å²) < 4.78 is 0. The Morgan fingerprint density at radius 3 is 2.91 bits per heavy atom. The van der Waals surface area contributed by atoms with Gasteiger partial charge in [0.1, 0.15) is 0 Å². The van der Waals surface area contributed by atoms with Crippen LogP contribution in [-0.4, -0.2) is 37.0 Å². The zero-order valence-corrected chi connectivity index (χ0v) is 13.6. The fourth-order valence-corrected chi connectivity index (χ4v) is 2.96. The van der Waals surface area contributed by atoms with Gasteiger partial charge in [0.15, 0.2) is 0 Å². The van der Waals surface area contributed by atoms with Gasteiger partial charge in [-0.05, 0) is 56.3 Å². The molecule has 1 atom stereocenters. The number of hydrogen-bond donors (Lipinski definition) is 1. The van der Waals surface area contributed by atoms with Crippen LogP contribution in [0.4, 0.5) is 0 Å². The molecule has 1 aromatic carbocycles. The van der Waals surface area contributed by atoms with Gasteiger partial charge in [0.2, 0.25) is 5.91 Å². The van der Waals surface area contributed by atoms with E-state index in [0.29, 0.717) is 0 Å². The average Bonchev–Trinajstić information content (AvgIpc) is 2.54. The molecule has 0 saturated carbocycles. The summed E-state index contributed by atoms with van der Waals surface area (Å²) in [5.74, 6) is 0.840. The molecule has 0 aliphatic carbocycles. The van der Waals surface area contributed by atoms with E-state index in [9.17, 15) is 4.79 Å². The first-order valence-electron chi connectivity index (χ1n) is 8.47. The van der Waals surface area contributed by atoms with E-state index in [1.165, 1.54) is 32.5 Å². The largest absolute Gasteiger partial charge is 0.353 e. The van der Waals surface area contributed by atoms with Gasteiger partial charge in [0.25, 0.3) is 0 Å². The molecule has 0 bridgehead atoms. The summed E-state index contributed by atoms with van der Waals surface area (Å²) in [6, 6.07) is 9.89. The molecule has 1 aliphatic heterocycles. The zero-order chi connectivity index (χ0) is 15.6. The topological polar surface area (TPSA) is 32.3 Å². The van der Waals surface area contributed by atoms with Gasteiger partial charge in [-0.1, -0.05) is 37.3 Å². The second kappa shape index (κ2) is 9.42. The fourth-order valence-electron chi connectivity index (χ4n) is 2.96. The van der Waals surface area contributed by atoms with Crippen LogP contribution < -0.4 is 5.32 Å². The van der Waals surface area contributed by atoms with Crippen LogP contribution >= 0.6 is 0 Å². The third-order valence-corrected chi connectivity index (χ3v) is 4.17. The summed E-state index contributed by atoms with van der Waals surface area (Å²) >= 11 is 0. The highest BCUT2D eigenvalue weighted by Gasteiger charge is 2.15. The quantitative estimate of drug-likeness (QED) is 0.619. The Morgan fingerprint density at radius 2 is 2.14 bits per heavy atom. The first-order chi connectivity index (χ1) is 10.7. The molecule has 0 spiro atoms. The van der Waals surface area contributed by atoms with Crippen molar-refractivity contribution in [1.29, 1.82) is 0 Å². The molecule has 0 radical (unpaired) electrons. The highest BCUT2D eigenvalue weighted by Crippen LogP contribution is 2.15. The molecule has 1 aromatic rings. The summed E-state index contributed by atoms with van der Waals surface area (Å²) in [5.41, 5.74) is 1.05. The van der Waals surface area contributed by atoms with Crippen LogP contribution in [-0.2, 0) is 4.79 Å². The first kappa shape index (κ1) is 16.8. The third-order valence-electron chi connectivity index (χ3n) is 4.17. The highest BCUT2D eigenvalue weighted by atomic mass is 16.1. The number of nitrogens with zero attached hydrogens (tertiary/aromatic N) is 1. The van der Waals surface area contributed by atoms with Crippen LogP contribution in [0.3, 0.4) is 0 Å². The molecule has 22 heavy (non-hydrogen) atoms. The molecule has 3 heteroatoms. The van der Waals surface area contributed by atoms with Gasteiger partial charge in [-0.15, -0.1) is 0 Å². The molecule has 1 saturated heterocycles. The molecule has 3 nitrogen and oxygen atoms in total. The van der Waals surface area contributed by atoms with Gasteiger partial charge in [-0.3, -0.25) is 4.79 Å². The van der Waals surface area contributed by atoms with Crippen LogP contribution in [0, 0.1) is 5.92 Å². The van der Waals surface area contributed by atoms with Crippen molar-refractivity contribution >= 4 is 12.0 Å². The number of hydrogen-bond acceptors (Lipinski definition) is 2. The van der Waals surface area contributed by atoms with E-state index in [-0.39, 0.29) is 5.91 Å². The smallest absolute Gasteiger partial charge is 0.243 e. The molecule has 120 valence electrons. The van der Waals surface area contributed by atoms with Crippen LogP contribution in [0.2, 0.25) is 0 Å². The lowest BCUT2D eigenvalue weighted by Gasteiger charge is -2.30. The van der Waals surface area contributed by atoms with Crippen molar-refractivity contribution in [3.05, 3.63) is 42.0 Å². The van der Waals surface area contributed by atoms with Gasteiger partial charge < -0.3 is 10.2 Å². The lowest BCUT2D eigenvalue weighted by atomic mass is 10.0. The third kappa shape index (κ3) is 6.44. The number of likely N-dealkylation sites (tertiary alicyclic amines) is 1. The van der Waals surface area contributed by atoms with E-state index < -0.39 is 0 Å². The van der Waals surface area contributed by atoms with Crippen molar-refractivity contribution in [1.82, 2.24) is 10.2 Å². The lowest BCUT2D eigenvalue weighted by Crippen LogP contribution is -2.35. The molecular formula is C19H28N2O. The minimum absolute atomic E-state index is 0.00422. The summed E-state index contributed by atoms with van der Waals surface area (Å²) in [6.07, 6.45) is 8.39. The minimum atomic E-state index is -0.00422. The maximum atomic E-state index is 11.7. The Balaban J connectivity index is 1.54. The summed E-state index contributed by atoms with van der Waals surface area (Å²) in [6.45, 7) is 6.76. The average molecular weight is 300 g/mol. The number of rotatable bonds is 7. The summed E-state index contributed by atoms with van der Waals surface area (Å²) in [4.78, 5) is 14.3. The predicted molar refractivity (Wildman–Crippen MR) is 92.6 cm³/mol. The van der Waals surface area contributed by atoms with E-state index in [1.54, 1.807) is 6.08 Å². The molecular weight excluding hydrogens is 272 g/mol. The van der Waals surface area contributed by atoms with Crippen LogP contribution in [0.15, 0.2) is 36.4 Å². The van der Waals surface area contributed by atoms with Crippen molar-refractivity contribution in [2.24, 2.45) is 5.92 Å². The Kier molecular flexibility index (Phi) is 7.17. The van der Waals surface area contributed by atoms with Crippen molar-refractivity contribution in [2.75, 3.05) is 26.2 Å². The van der Waals surface area contributed by atoms with Gasteiger partial charge in [0.05, 0.1) is 0 Å². The summed E-state index contributed by atoms with van der Waals surface area (Å²) in [5, 5.41) is 2.96. The number of carbonyl (C=O) groups is 1. The SMILES string of the molecule is C[C@@H]1CCCN(CCCCNC(=O)/C=C/c2ccccc2)C1. The van der Waals surface area contributed by atoms with E-state index in [2.05, 4.69) is 17.1 Å². The van der Waals surface area contributed by atoms with Gasteiger partial charge in [-0.25, -0.2) is 0 Å². The predicted octanol–water partition coefficient (Wildman–Crippen LogP) is 3.33. The van der Waals surface area contributed by atoms with Crippen molar-refractivity contribution < 1.29 is 4.79 Å². The zero-order valence-electron chi connectivity index (χ0n) is 13.6. The van der Waals surface area contributed by atoms with Crippen LogP contribution in [0.1, 0.15) is 38.2 Å². The molecule has 0 aromatic heterocycles. The Bertz CT molecular complexity index is 470. The fraction of sp³-hybridized carbons (Fsp3) is 0.526. The lowest BCUT2D eigenvalue weighted by molar-refractivity contribution is -0.116. The number of amides is 1. The maximum absolute atomic E-state index is 11.7. The van der Waals surface area contributed by atoms with Crippen molar-refractivity contribution in [2.45, 2.75) is 32.6 Å². The van der Waals surface area contributed by atoms with Gasteiger partial charge in [-0.2, -0.15) is 0 Å². The molecule has 1 N–H and O–H groups in total. The van der Waals surface area contributed by atoms with Crippen LogP contribution in [0.25, 0.3) is 6.08 Å². The second-order valence-electron chi connectivity index (χ2n) is 6.29. The van der Waals surface area contributed by atoms with E-state index in [0.717, 1.165) is 30.9 Å². The molecule has 1 heterocycles. The van der Waals surface area contributed by atoms with Crippen LogP contribution in [0.5, 0.6) is 0 Å². The number of piperidine rings is 1. The minimum Gasteiger partial charge on any atom is -0.353 e. The standard InChI is InChI=1S/C19H28N2O/c1-17-8-7-15-21(16-17)14-6-5-13-20-19(22)12-11-18-9-3-2-4-10-18/h2-4,9-12,17H,5-8,13-16H2,1H3,(H,20,22)/b12-11+/t17-/m1/s1. The Morgan fingerprint density at radius 1 is 1.32 bits per heavy atom. The molecule has 1 amide bonds. The highest BCUT2D eigenvalue weighted by molar-refractivity contribution is 5.91. The number of benzene rings is 1. The van der Waals surface area contributed by atoms with Crippen molar-refractivity contribution in [3.8, 4) is 0 Å². The van der Waals surface area contributed by atoms with E-state index >= 15 is 0 Å². The maximum Gasteiger partial charge on any atom is 0.243 e. The first-order valence-corrected chi connectivity index (χ1v) is 8.47. The molecule has 1 aliphatic rings. The Hall–Kier alpha value is -1.61. The molecule has 0 unspecified atom stereocenters. The monoisotopic (exact) mass is 300 g/mol.